The highest BCUT2D eigenvalue weighted by molar-refractivity contribution is 6.00. The fraction of sp³-hybridized carbons (Fsp3) is 0.444. The molecule has 1 aliphatic heterocycles. The molecule has 1 N–H and O–H groups in total. The second kappa shape index (κ2) is 5.82. The molecule has 0 saturated heterocycles. The number of nitrogens with one attached hydrogen (secondary N) is 1. The number of hydrogen-bond acceptors (Lipinski definition) is 7. The van der Waals surface area contributed by atoms with Gasteiger partial charge in [-0.1, -0.05) is 18.9 Å². The molecule has 2 aliphatic rings. The summed E-state index contributed by atoms with van der Waals surface area (Å²) in [6.45, 7) is 4.19. The standard InChI is InChI=1S/C18H21N5O3/c1-18(2)8-12-15(13(24)9-18)16(23-17(19-12)20-21-22-23)11-6-5-10(25-3)7-14(11)26-4/h5-7,16H,8-9H2,1-4H3,(H,19,20,22)/t16-/m0/s1. The Kier molecular flexibility index (Phi) is 3.71. The molecule has 0 fully saturated rings. The van der Waals surface area contributed by atoms with Gasteiger partial charge in [-0.05, 0) is 34.4 Å². The minimum atomic E-state index is -0.430. The average molecular weight is 355 g/mol. The monoisotopic (exact) mass is 355 g/mol. The average Bonchev–Trinajstić information content (AvgIpc) is 3.06. The van der Waals surface area contributed by atoms with Gasteiger partial charge in [0.05, 0.1) is 14.2 Å². The van der Waals surface area contributed by atoms with E-state index in [-0.39, 0.29) is 11.2 Å². The SMILES string of the molecule is COc1ccc([C@H]2C3=C(CC(C)(C)CC3=O)Nc3nnnn32)c(OC)c1. The van der Waals surface area contributed by atoms with Crippen molar-refractivity contribution in [3.05, 3.63) is 35.0 Å². The van der Waals surface area contributed by atoms with Gasteiger partial charge in [-0.2, -0.15) is 4.68 Å². The Morgan fingerprint density at radius 1 is 1.23 bits per heavy atom. The van der Waals surface area contributed by atoms with Crippen molar-refractivity contribution in [1.82, 2.24) is 20.2 Å². The number of tetrazole rings is 1. The molecule has 0 unspecified atom stereocenters. The third-order valence-electron chi connectivity index (χ3n) is 4.93. The smallest absolute Gasteiger partial charge is 0.248 e. The number of allylic oxidation sites excluding steroid dienone is 2. The van der Waals surface area contributed by atoms with E-state index in [0.29, 0.717) is 29.4 Å². The number of benzene rings is 1. The fourth-order valence-electron chi connectivity index (χ4n) is 3.80. The Morgan fingerprint density at radius 2 is 2.04 bits per heavy atom. The number of fused-ring (bicyclic) bond motifs is 1. The van der Waals surface area contributed by atoms with Crippen LogP contribution in [-0.4, -0.2) is 40.2 Å². The van der Waals surface area contributed by atoms with E-state index in [4.69, 9.17) is 9.47 Å². The highest BCUT2D eigenvalue weighted by Crippen LogP contribution is 2.46. The molecule has 8 nitrogen and oxygen atoms in total. The molecule has 2 heterocycles. The zero-order chi connectivity index (χ0) is 18.5. The van der Waals surface area contributed by atoms with E-state index >= 15 is 0 Å². The summed E-state index contributed by atoms with van der Waals surface area (Å²) in [7, 11) is 3.20. The maximum atomic E-state index is 13.0. The highest BCUT2D eigenvalue weighted by Gasteiger charge is 2.42. The van der Waals surface area contributed by atoms with Gasteiger partial charge in [0.25, 0.3) is 0 Å². The van der Waals surface area contributed by atoms with Crippen LogP contribution in [0.2, 0.25) is 0 Å². The van der Waals surface area contributed by atoms with Crippen molar-refractivity contribution in [3.8, 4) is 11.5 Å². The number of carbonyl (C=O) groups excluding carboxylic acids is 1. The predicted octanol–water partition coefficient (Wildman–Crippen LogP) is 2.35. The molecule has 26 heavy (non-hydrogen) atoms. The lowest BCUT2D eigenvalue weighted by atomic mass is 9.73. The van der Waals surface area contributed by atoms with Gasteiger partial charge >= 0.3 is 0 Å². The molecule has 2 aromatic rings. The first-order chi connectivity index (χ1) is 12.4. The topological polar surface area (TPSA) is 91.2 Å². The predicted molar refractivity (Wildman–Crippen MR) is 94.2 cm³/mol. The van der Waals surface area contributed by atoms with Crippen LogP contribution in [0.4, 0.5) is 5.95 Å². The lowest BCUT2D eigenvalue weighted by molar-refractivity contribution is -0.118. The summed E-state index contributed by atoms with van der Waals surface area (Å²) < 4.78 is 12.5. The van der Waals surface area contributed by atoms with Gasteiger partial charge < -0.3 is 14.8 Å². The van der Waals surface area contributed by atoms with Crippen molar-refractivity contribution in [3.63, 3.8) is 0 Å². The van der Waals surface area contributed by atoms with Gasteiger partial charge in [0, 0.05) is 29.3 Å². The van der Waals surface area contributed by atoms with E-state index in [1.54, 1.807) is 25.0 Å². The molecule has 1 atom stereocenters. The van der Waals surface area contributed by atoms with Gasteiger partial charge in [0.15, 0.2) is 5.78 Å². The minimum Gasteiger partial charge on any atom is -0.497 e. The Morgan fingerprint density at radius 3 is 2.77 bits per heavy atom. The van der Waals surface area contributed by atoms with Crippen LogP contribution in [0.1, 0.15) is 38.3 Å². The Bertz CT molecular complexity index is 915. The highest BCUT2D eigenvalue weighted by atomic mass is 16.5. The van der Waals surface area contributed by atoms with Crippen molar-refractivity contribution in [1.29, 1.82) is 0 Å². The van der Waals surface area contributed by atoms with E-state index in [9.17, 15) is 4.79 Å². The van der Waals surface area contributed by atoms with Crippen LogP contribution in [-0.2, 0) is 4.79 Å². The van der Waals surface area contributed by atoms with Crippen LogP contribution in [0.5, 0.6) is 11.5 Å². The van der Waals surface area contributed by atoms with Gasteiger partial charge in [-0.3, -0.25) is 4.79 Å². The van der Waals surface area contributed by atoms with Crippen LogP contribution < -0.4 is 14.8 Å². The summed E-state index contributed by atoms with van der Waals surface area (Å²) in [5.41, 5.74) is 2.31. The normalized spacial score (nSPS) is 20.9. The lowest BCUT2D eigenvalue weighted by Crippen LogP contribution is -2.36. The number of carbonyl (C=O) groups is 1. The van der Waals surface area contributed by atoms with Crippen molar-refractivity contribution in [2.45, 2.75) is 32.7 Å². The summed E-state index contributed by atoms with van der Waals surface area (Å²) in [6, 6.07) is 5.12. The second-order valence-corrected chi connectivity index (χ2v) is 7.42. The van der Waals surface area contributed by atoms with E-state index in [0.717, 1.165) is 17.7 Å². The molecule has 1 aliphatic carbocycles. The van der Waals surface area contributed by atoms with Gasteiger partial charge in [-0.25, -0.2) is 0 Å². The maximum Gasteiger partial charge on any atom is 0.248 e. The number of anilines is 1. The van der Waals surface area contributed by atoms with E-state index in [2.05, 4.69) is 34.7 Å². The van der Waals surface area contributed by atoms with Crippen LogP contribution in [0.15, 0.2) is 29.5 Å². The van der Waals surface area contributed by atoms with Crippen molar-refractivity contribution in [2.24, 2.45) is 5.41 Å². The third kappa shape index (κ3) is 2.53. The zero-order valence-electron chi connectivity index (χ0n) is 15.2. The maximum absolute atomic E-state index is 13.0. The molecule has 136 valence electrons. The van der Waals surface area contributed by atoms with Crippen LogP contribution in [0.25, 0.3) is 0 Å². The van der Waals surface area contributed by atoms with Crippen LogP contribution in [0, 0.1) is 5.41 Å². The first kappa shape index (κ1) is 16.6. The zero-order valence-corrected chi connectivity index (χ0v) is 15.2. The summed E-state index contributed by atoms with van der Waals surface area (Å²) in [5, 5.41) is 15.2. The van der Waals surface area contributed by atoms with Crippen molar-refractivity contribution in [2.75, 3.05) is 19.5 Å². The number of aromatic nitrogens is 4. The number of ether oxygens (including phenoxy) is 2. The van der Waals surface area contributed by atoms with Crippen molar-refractivity contribution >= 4 is 11.7 Å². The molecular weight excluding hydrogens is 334 g/mol. The number of ketones is 1. The quantitative estimate of drug-likeness (QED) is 0.903. The fourth-order valence-corrected chi connectivity index (χ4v) is 3.80. The molecule has 1 aromatic heterocycles. The lowest BCUT2D eigenvalue weighted by Gasteiger charge is -2.38. The summed E-state index contributed by atoms with van der Waals surface area (Å²) in [4.78, 5) is 13.0. The second-order valence-electron chi connectivity index (χ2n) is 7.42. The molecule has 0 saturated carbocycles. The number of nitrogens with zero attached hydrogens (tertiary/aromatic N) is 4. The van der Waals surface area contributed by atoms with Gasteiger partial charge in [-0.15, -0.1) is 0 Å². The molecule has 0 amide bonds. The number of hydrogen-bond donors (Lipinski definition) is 1. The number of Topliss-reactive ketones (excluding diaryl/α,β-unsaturated/α-hetero) is 1. The molecule has 0 bridgehead atoms. The molecule has 0 radical (unpaired) electrons. The molecular formula is C18H21N5O3. The largest absolute Gasteiger partial charge is 0.497 e. The van der Waals surface area contributed by atoms with Gasteiger partial charge in [0.1, 0.15) is 17.5 Å². The Labute approximate surface area is 151 Å². The Balaban J connectivity index is 1.92. The van der Waals surface area contributed by atoms with Crippen LogP contribution in [0.3, 0.4) is 0 Å². The first-order valence-electron chi connectivity index (χ1n) is 8.46. The van der Waals surface area contributed by atoms with Crippen LogP contribution >= 0.6 is 0 Å². The number of rotatable bonds is 3. The molecule has 8 heteroatoms. The molecule has 0 spiro atoms. The molecule has 1 aromatic carbocycles. The summed E-state index contributed by atoms with van der Waals surface area (Å²) in [6.07, 6.45) is 1.25. The van der Waals surface area contributed by atoms with Crippen molar-refractivity contribution < 1.29 is 14.3 Å². The van der Waals surface area contributed by atoms with Gasteiger partial charge in [0.2, 0.25) is 5.95 Å². The van der Waals surface area contributed by atoms with E-state index < -0.39 is 6.04 Å². The molecule has 4 rings (SSSR count). The van der Waals surface area contributed by atoms with E-state index in [1.165, 1.54) is 0 Å². The number of methoxy groups -OCH3 is 2. The summed E-state index contributed by atoms with van der Waals surface area (Å²) >= 11 is 0. The minimum absolute atomic E-state index is 0.104. The third-order valence-corrected chi connectivity index (χ3v) is 4.93. The Hall–Kier alpha value is -2.90. The first-order valence-corrected chi connectivity index (χ1v) is 8.46. The summed E-state index contributed by atoms with van der Waals surface area (Å²) in [5.74, 6) is 1.94. The van der Waals surface area contributed by atoms with E-state index in [1.807, 2.05) is 12.1 Å².